The summed E-state index contributed by atoms with van der Waals surface area (Å²) < 4.78 is 6.06. The smallest absolute Gasteiger partial charge is 0.270 e. The molecule has 0 unspecified atom stereocenters. The Morgan fingerprint density at radius 2 is 1.87 bits per heavy atom. The first-order valence-electron chi connectivity index (χ1n) is 11.1. The lowest BCUT2D eigenvalue weighted by atomic mass is 10.1. The van der Waals surface area contributed by atoms with Gasteiger partial charge in [-0.3, -0.25) is 14.7 Å². The molecule has 3 heterocycles. The highest BCUT2D eigenvalue weighted by atomic mass is 16.5. The summed E-state index contributed by atoms with van der Waals surface area (Å²) in [7, 11) is 0. The van der Waals surface area contributed by atoms with Gasteiger partial charge in [0.15, 0.2) is 0 Å². The Hall–Kier alpha value is -2.95. The molecule has 0 spiro atoms. The van der Waals surface area contributed by atoms with Crippen LogP contribution < -0.4 is 15.4 Å². The fourth-order valence-electron chi connectivity index (χ4n) is 4.12. The zero-order chi connectivity index (χ0) is 21.5. The summed E-state index contributed by atoms with van der Waals surface area (Å²) in [6, 6.07) is 13.5. The molecule has 162 valence electrons. The Balaban J connectivity index is 1.22. The highest BCUT2D eigenvalue weighted by Gasteiger charge is 2.21. The number of benzene rings is 1. The third kappa shape index (κ3) is 6.03. The van der Waals surface area contributed by atoms with Crippen molar-refractivity contribution in [1.82, 2.24) is 20.5 Å². The van der Waals surface area contributed by atoms with E-state index in [4.69, 9.17) is 10.00 Å². The van der Waals surface area contributed by atoms with E-state index in [0.717, 1.165) is 69.7 Å². The molecule has 0 saturated carbocycles. The van der Waals surface area contributed by atoms with E-state index in [1.165, 1.54) is 0 Å². The maximum atomic E-state index is 12.4. The molecule has 7 nitrogen and oxygen atoms in total. The summed E-state index contributed by atoms with van der Waals surface area (Å²) in [5.74, 6) is 0.735. The Bertz CT molecular complexity index is 893. The van der Waals surface area contributed by atoms with Crippen LogP contribution in [0.25, 0.3) is 0 Å². The maximum absolute atomic E-state index is 12.4. The topological polar surface area (TPSA) is 90.3 Å². The SMILES string of the molecule is N#Cc1ccc(OC2CCN(Cc3ccc(C(=O)NC4CCNCC4)nc3)CC2)cc1. The standard InChI is InChI=1S/C24H29N5O2/c25-15-18-1-4-21(5-2-18)31-22-9-13-29(14-10-22)17-19-3-6-23(27-16-19)24(30)28-20-7-11-26-12-8-20/h1-6,16,20,22,26H,7-14,17H2,(H,28,30). The number of piperidine rings is 2. The lowest BCUT2D eigenvalue weighted by Crippen LogP contribution is -2.42. The summed E-state index contributed by atoms with van der Waals surface area (Å²) in [6.45, 7) is 4.64. The number of ether oxygens (including phenoxy) is 1. The number of amides is 1. The van der Waals surface area contributed by atoms with E-state index in [1.807, 2.05) is 30.5 Å². The number of nitrogens with one attached hydrogen (secondary N) is 2. The molecule has 31 heavy (non-hydrogen) atoms. The van der Waals surface area contributed by atoms with Crippen LogP contribution in [0.4, 0.5) is 0 Å². The lowest BCUT2D eigenvalue weighted by molar-refractivity contribution is 0.0922. The van der Waals surface area contributed by atoms with Crippen molar-refractivity contribution in [2.24, 2.45) is 0 Å². The van der Waals surface area contributed by atoms with Crippen LogP contribution in [0, 0.1) is 11.3 Å². The Kier molecular flexibility index (Phi) is 7.13. The van der Waals surface area contributed by atoms with Gasteiger partial charge in [0.1, 0.15) is 17.5 Å². The van der Waals surface area contributed by atoms with Crippen molar-refractivity contribution in [3.05, 3.63) is 59.4 Å². The van der Waals surface area contributed by atoms with Gasteiger partial charge in [-0.25, -0.2) is 0 Å². The Morgan fingerprint density at radius 3 is 2.52 bits per heavy atom. The lowest BCUT2D eigenvalue weighted by Gasteiger charge is -2.32. The molecule has 1 aromatic heterocycles. The number of nitrogens with zero attached hydrogens (tertiary/aromatic N) is 3. The van der Waals surface area contributed by atoms with E-state index in [9.17, 15) is 4.79 Å². The fourth-order valence-corrected chi connectivity index (χ4v) is 4.12. The minimum Gasteiger partial charge on any atom is -0.490 e. The summed E-state index contributed by atoms with van der Waals surface area (Å²) in [6.07, 6.45) is 5.87. The third-order valence-electron chi connectivity index (χ3n) is 5.96. The van der Waals surface area contributed by atoms with Gasteiger partial charge in [0.2, 0.25) is 0 Å². The number of pyridine rings is 1. The molecule has 0 aliphatic carbocycles. The predicted octanol–water partition coefficient (Wildman–Crippen LogP) is 2.48. The average molecular weight is 420 g/mol. The van der Waals surface area contributed by atoms with Crippen LogP contribution in [-0.2, 0) is 6.54 Å². The van der Waals surface area contributed by atoms with Gasteiger partial charge in [0, 0.05) is 31.9 Å². The molecular weight excluding hydrogens is 390 g/mol. The number of nitriles is 1. The van der Waals surface area contributed by atoms with Crippen molar-refractivity contribution in [3.8, 4) is 11.8 Å². The van der Waals surface area contributed by atoms with Crippen LogP contribution in [0.2, 0.25) is 0 Å². The monoisotopic (exact) mass is 419 g/mol. The number of carbonyl (C=O) groups is 1. The molecule has 0 bridgehead atoms. The number of rotatable bonds is 6. The van der Waals surface area contributed by atoms with Gasteiger partial charge < -0.3 is 15.4 Å². The third-order valence-corrected chi connectivity index (χ3v) is 5.96. The molecule has 2 N–H and O–H groups in total. The zero-order valence-electron chi connectivity index (χ0n) is 17.7. The minimum atomic E-state index is -0.0841. The molecular formula is C24H29N5O2. The number of hydrogen-bond acceptors (Lipinski definition) is 6. The van der Waals surface area contributed by atoms with E-state index >= 15 is 0 Å². The molecule has 2 fully saturated rings. The van der Waals surface area contributed by atoms with Gasteiger partial charge in [0.25, 0.3) is 5.91 Å². The van der Waals surface area contributed by atoms with E-state index in [1.54, 1.807) is 12.1 Å². The van der Waals surface area contributed by atoms with Gasteiger partial charge in [-0.2, -0.15) is 5.26 Å². The molecule has 7 heteroatoms. The predicted molar refractivity (Wildman–Crippen MR) is 118 cm³/mol. The highest BCUT2D eigenvalue weighted by molar-refractivity contribution is 5.92. The number of carbonyl (C=O) groups excluding carboxylic acids is 1. The highest BCUT2D eigenvalue weighted by Crippen LogP contribution is 2.20. The normalized spacial score (nSPS) is 18.3. The number of likely N-dealkylation sites (tertiary alicyclic amines) is 1. The molecule has 2 aromatic rings. The second kappa shape index (κ2) is 10.4. The summed E-state index contributed by atoms with van der Waals surface area (Å²) in [5.41, 5.74) is 2.24. The van der Waals surface area contributed by atoms with Crippen molar-refractivity contribution in [3.63, 3.8) is 0 Å². The van der Waals surface area contributed by atoms with Gasteiger partial charge in [-0.05, 0) is 74.7 Å². The molecule has 4 rings (SSSR count). The van der Waals surface area contributed by atoms with E-state index < -0.39 is 0 Å². The fraction of sp³-hybridized carbons (Fsp3) is 0.458. The first kappa shape index (κ1) is 21.3. The van der Waals surface area contributed by atoms with Crippen molar-refractivity contribution < 1.29 is 9.53 Å². The molecule has 2 aliphatic heterocycles. The molecule has 2 aliphatic rings. The second-order valence-corrected chi connectivity index (χ2v) is 8.28. The second-order valence-electron chi connectivity index (χ2n) is 8.28. The van der Waals surface area contributed by atoms with E-state index in [2.05, 4.69) is 26.6 Å². The van der Waals surface area contributed by atoms with Crippen LogP contribution in [0.3, 0.4) is 0 Å². The van der Waals surface area contributed by atoms with Crippen molar-refractivity contribution in [2.75, 3.05) is 26.2 Å². The van der Waals surface area contributed by atoms with Gasteiger partial charge >= 0.3 is 0 Å². The first-order chi connectivity index (χ1) is 15.2. The molecule has 1 amide bonds. The summed E-state index contributed by atoms with van der Waals surface area (Å²) in [4.78, 5) is 19.2. The first-order valence-corrected chi connectivity index (χ1v) is 11.1. The van der Waals surface area contributed by atoms with Crippen molar-refractivity contribution in [1.29, 1.82) is 5.26 Å². The van der Waals surface area contributed by atoms with E-state index in [0.29, 0.717) is 11.3 Å². The summed E-state index contributed by atoms with van der Waals surface area (Å²) >= 11 is 0. The molecule has 1 aromatic carbocycles. The zero-order valence-corrected chi connectivity index (χ0v) is 17.7. The minimum absolute atomic E-state index is 0.0841. The van der Waals surface area contributed by atoms with Gasteiger partial charge in [-0.15, -0.1) is 0 Å². The van der Waals surface area contributed by atoms with Gasteiger partial charge in [0.05, 0.1) is 11.6 Å². The van der Waals surface area contributed by atoms with Crippen LogP contribution in [0.5, 0.6) is 5.75 Å². The van der Waals surface area contributed by atoms with Crippen molar-refractivity contribution >= 4 is 5.91 Å². The largest absolute Gasteiger partial charge is 0.490 e. The Morgan fingerprint density at radius 1 is 1.13 bits per heavy atom. The van der Waals surface area contributed by atoms with Crippen molar-refractivity contribution in [2.45, 2.75) is 44.4 Å². The van der Waals surface area contributed by atoms with Crippen LogP contribution in [0.15, 0.2) is 42.6 Å². The Labute approximate surface area is 183 Å². The summed E-state index contributed by atoms with van der Waals surface area (Å²) in [5, 5.41) is 15.3. The molecule has 2 saturated heterocycles. The molecule has 0 atom stereocenters. The maximum Gasteiger partial charge on any atom is 0.270 e. The van der Waals surface area contributed by atoms with Crippen LogP contribution in [0.1, 0.15) is 47.3 Å². The number of aromatic nitrogens is 1. The van der Waals surface area contributed by atoms with Gasteiger partial charge in [-0.1, -0.05) is 6.07 Å². The average Bonchev–Trinajstić information content (AvgIpc) is 2.82. The number of hydrogen-bond donors (Lipinski definition) is 2. The quantitative estimate of drug-likeness (QED) is 0.748. The van der Waals surface area contributed by atoms with E-state index in [-0.39, 0.29) is 18.1 Å². The molecule has 0 radical (unpaired) electrons. The van der Waals surface area contributed by atoms with Crippen LogP contribution >= 0.6 is 0 Å². The van der Waals surface area contributed by atoms with Crippen LogP contribution in [-0.4, -0.2) is 54.1 Å².